The van der Waals surface area contributed by atoms with Gasteiger partial charge in [-0.1, -0.05) is 0 Å². The Morgan fingerprint density at radius 3 is 2.31 bits per heavy atom. The lowest BCUT2D eigenvalue weighted by Gasteiger charge is -2.23. The van der Waals surface area contributed by atoms with E-state index in [1.54, 1.807) is 14.1 Å². The van der Waals surface area contributed by atoms with Crippen LogP contribution in [0.25, 0.3) is 0 Å². The van der Waals surface area contributed by atoms with Crippen LogP contribution < -0.4 is 5.32 Å². The van der Waals surface area contributed by atoms with Crippen molar-refractivity contribution in [2.24, 2.45) is 5.92 Å². The van der Waals surface area contributed by atoms with Crippen molar-refractivity contribution < 1.29 is 8.42 Å². The van der Waals surface area contributed by atoms with Crippen LogP contribution in [0.4, 0.5) is 0 Å². The third-order valence-corrected chi connectivity index (χ3v) is 4.47. The van der Waals surface area contributed by atoms with Crippen LogP contribution in [0.2, 0.25) is 0 Å². The summed E-state index contributed by atoms with van der Waals surface area (Å²) in [4.78, 5) is 0. The van der Waals surface area contributed by atoms with E-state index in [1.165, 1.54) is 4.31 Å². The molecule has 1 heterocycles. The molecule has 1 aliphatic heterocycles. The molecular formula is C8H18N2O2S. The molecule has 1 fully saturated rings. The molecule has 0 bridgehead atoms. The van der Waals surface area contributed by atoms with Gasteiger partial charge in [0.25, 0.3) is 0 Å². The van der Waals surface area contributed by atoms with E-state index >= 15 is 0 Å². The largest absolute Gasteiger partial charge is 0.317 e. The summed E-state index contributed by atoms with van der Waals surface area (Å²) in [5.74, 6) is 0.649. The van der Waals surface area contributed by atoms with E-state index in [-0.39, 0.29) is 0 Å². The van der Waals surface area contributed by atoms with Gasteiger partial charge in [-0.3, -0.25) is 0 Å². The van der Waals surface area contributed by atoms with Gasteiger partial charge >= 0.3 is 0 Å². The van der Waals surface area contributed by atoms with Crippen molar-refractivity contribution in [3.05, 3.63) is 0 Å². The minimum absolute atomic E-state index is 0.307. The normalized spacial score (nSPS) is 20.8. The standard InChI is InChI=1S/C8H18N2O2S/c1-10(2)13(11,12)7-8-3-5-9-6-4-8/h8-9H,3-7H2,1-2H3. The van der Waals surface area contributed by atoms with E-state index in [0.29, 0.717) is 11.7 Å². The third kappa shape index (κ3) is 3.25. The zero-order valence-corrected chi connectivity index (χ0v) is 9.10. The van der Waals surface area contributed by atoms with Gasteiger partial charge < -0.3 is 5.32 Å². The third-order valence-electron chi connectivity index (χ3n) is 2.46. The zero-order valence-electron chi connectivity index (χ0n) is 8.28. The second kappa shape index (κ2) is 4.39. The van der Waals surface area contributed by atoms with Crippen LogP contribution in [-0.2, 0) is 10.0 Å². The average Bonchev–Trinajstić information content (AvgIpc) is 2.05. The van der Waals surface area contributed by atoms with E-state index in [9.17, 15) is 8.42 Å². The van der Waals surface area contributed by atoms with Gasteiger partial charge in [-0.25, -0.2) is 12.7 Å². The fraction of sp³-hybridized carbons (Fsp3) is 1.00. The van der Waals surface area contributed by atoms with Crippen LogP contribution in [0, 0.1) is 5.92 Å². The fourth-order valence-electron chi connectivity index (χ4n) is 1.50. The molecule has 0 spiro atoms. The van der Waals surface area contributed by atoms with Crippen molar-refractivity contribution in [2.75, 3.05) is 32.9 Å². The minimum Gasteiger partial charge on any atom is -0.317 e. The smallest absolute Gasteiger partial charge is 0.213 e. The van der Waals surface area contributed by atoms with Crippen molar-refractivity contribution >= 4 is 10.0 Å². The predicted molar refractivity (Wildman–Crippen MR) is 53.1 cm³/mol. The Labute approximate surface area is 80.4 Å². The average molecular weight is 206 g/mol. The van der Waals surface area contributed by atoms with Crippen LogP contribution in [-0.4, -0.2) is 45.7 Å². The number of sulfonamides is 1. The summed E-state index contributed by atoms with van der Waals surface area (Å²) in [7, 11) is 0.195. The Kier molecular flexibility index (Phi) is 3.70. The Morgan fingerprint density at radius 2 is 1.85 bits per heavy atom. The number of piperidine rings is 1. The summed E-state index contributed by atoms with van der Waals surface area (Å²) in [6.07, 6.45) is 1.96. The van der Waals surface area contributed by atoms with Crippen molar-refractivity contribution in [1.82, 2.24) is 9.62 Å². The fourth-order valence-corrected chi connectivity index (χ4v) is 2.72. The first-order valence-corrected chi connectivity index (χ1v) is 6.24. The van der Waals surface area contributed by atoms with Gasteiger partial charge in [-0.15, -0.1) is 0 Å². The van der Waals surface area contributed by atoms with E-state index in [0.717, 1.165) is 25.9 Å². The molecule has 0 aromatic rings. The Bertz CT molecular complexity index is 243. The highest BCUT2D eigenvalue weighted by Crippen LogP contribution is 2.14. The highest BCUT2D eigenvalue weighted by atomic mass is 32.2. The molecule has 0 unspecified atom stereocenters. The molecule has 0 radical (unpaired) electrons. The molecule has 0 aromatic carbocycles. The molecule has 1 aliphatic rings. The predicted octanol–water partition coefficient (Wildman–Crippen LogP) is -0.123. The number of hydrogen-bond acceptors (Lipinski definition) is 3. The first-order valence-electron chi connectivity index (χ1n) is 4.63. The SMILES string of the molecule is CN(C)S(=O)(=O)CC1CCNCC1. The van der Waals surface area contributed by atoms with Crippen LogP contribution in [0.1, 0.15) is 12.8 Å². The topological polar surface area (TPSA) is 49.4 Å². The maximum Gasteiger partial charge on any atom is 0.213 e. The van der Waals surface area contributed by atoms with Crippen LogP contribution in [0.3, 0.4) is 0 Å². The molecule has 13 heavy (non-hydrogen) atoms. The molecule has 0 amide bonds. The maximum atomic E-state index is 11.5. The van der Waals surface area contributed by atoms with E-state index < -0.39 is 10.0 Å². The van der Waals surface area contributed by atoms with Gasteiger partial charge in [0.2, 0.25) is 10.0 Å². The van der Waals surface area contributed by atoms with Gasteiger partial charge in [-0.05, 0) is 31.8 Å². The molecule has 1 rings (SSSR count). The lowest BCUT2D eigenvalue weighted by atomic mass is 10.0. The molecule has 5 heteroatoms. The zero-order chi connectivity index (χ0) is 9.90. The molecule has 0 saturated carbocycles. The molecule has 1 saturated heterocycles. The van der Waals surface area contributed by atoms with Crippen LogP contribution >= 0.6 is 0 Å². The summed E-state index contributed by atoms with van der Waals surface area (Å²) < 4.78 is 24.3. The van der Waals surface area contributed by atoms with Crippen LogP contribution in [0.5, 0.6) is 0 Å². The highest BCUT2D eigenvalue weighted by molar-refractivity contribution is 7.89. The van der Waals surface area contributed by atoms with Crippen molar-refractivity contribution in [3.8, 4) is 0 Å². The van der Waals surface area contributed by atoms with Gasteiger partial charge in [0.05, 0.1) is 5.75 Å². The lowest BCUT2D eigenvalue weighted by molar-refractivity contribution is 0.394. The summed E-state index contributed by atoms with van der Waals surface area (Å²) in [5.41, 5.74) is 0. The minimum atomic E-state index is -2.99. The molecule has 4 nitrogen and oxygen atoms in total. The van der Waals surface area contributed by atoms with Gasteiger partial charge in [-0.2, -0.15) is 0 Å². The second-order valence-electron chi connectivity index (χ2n) is 3.75. The van der Waals surface area contributed by atoms with Crippen LogP contribution in [0.15, 0.2) is 0 Å². The molecule has 0 aromatic heterocycles. The van der Waals surface area contributed by atoms with Gasteiger partial charge in [0.15, 0.2) is 0 Å². The number of nitrogens with one attached hydrogen (secondary N) is 1. The highest BCUT2D eigenvalue weighted by Gasteiger charge is 2.22. The Hall–Kier alpha value is -0.130. The Balaban J connectivity index is 2.47. The summed E-state index contributed by atoms with van der Waals surface area (Å²) in [6.45, 7) is 1.90. The number of hydrogen-bond donors (Lipinski definition) is 1. The summed E-state index contributed by atoms with van der Waals surface area (Å²) >= 11 is 0. The molecule has 1 N–H and O–H groups in total. The molecular weight excluding hydrogens is 188 g/mol. The first kappa shape index (κ1) is 10.9. The monoisotopic (exact) mass is 206 g/mol. The van der Waals surface area contributed by atoms with Gasteiger partial charge in [0.1, 0.15) is 0 Å². The molecule has 0 aliphatic carbocycles. The molecule has 78 valence electrons. The Morgan fingerprint density at radius 1 is 1.31 bits per heavy atom. The van der Waals surface area contributed by atoms with E-state index in [4.69, 9.17) is 0 Å². The maximum absolute atomic E-state index is 11.5. The van der Waals surface area contributed by atoms with E-state index in [1.807, 2.05) is 0 Å². The number of nitrogens with zero attached hydrogens (tertiary/aromatic N) is 1. The first-order chi connectivity index (χ1) is 6.02. The summed E-state index contributed by atoms with van der Waals surface area (Å²) in [6, 6.07) is 0. The van der Waals surface area contributed by atoms with Crippen molar-refractivity contribution in [3.63, 3.8) is 0 Å². The second-order valence-corrected chi connectivity index (χ2v) is 5.98. The summed E-state index contributed by atoms with van der Waals surface area (Å²) in [5, 5.41) is 3.22. The van der Waals surface area contributed by atoms with E-state index in [2.05, 4.69) is 5.32 Å². The van der Waals surface area contributed by atoms with Crippen molar-refractivity contribution in [1.29, 1.82) is 0 Å². The quantitative estimate of drug-likeness (QED) is 0.700. The molecule has 0 atom stereocenters. The lowest BCUT2D eigenvalue weighted by Crippen LogP contribution is -2.35. The van der Waals surface area contributed by atoms with Gasteiger partial charge in [0, 0.05) is 14.1 Å². The number of rotatable bonds is 3. The van der Waals surface area contributed by atoms with Crippen molar-refractivity contribution in [2.45, 2.75) is 12.8 Å².